The maximum absolute atomic E-state index is 6.76. The summed E-state index contributed by atoms with van der Waals surface area (Å²) in [5.41, 5.74) is 4.23. The first-order valence-corrected chi connectivity index (χ1v) is 13.7. The van der Waals surface area contributed by atoms with E-state index in [9.17, 15) is 0 Å². The van der Waals surface area contributed by atoms with E-state index in [1.165, 1.54) is 0 Å². The van der Waals surface area contributed by atoms with Crippen molar-refractivity contribution in [1.82, 2.24) is 0 Å². The van der Waals surface area contributed by atoms with Crippen molar-refractivity contribution in [2.24, 2.45) is 0 Å². The Hall–Kier alpha value is -4.96. The molecule has 1 unspecified atom stereocenters. The molecule has 9 rings (SSSR count). The molecule has 4 nitrogen and oxygen atoms in total. The van der Waals surface area contributed by atoms with Crippen molar-refractivity contribution in [3.05, 3.63) is 144 Å². The number of furan rings is 3. The molecule has 0 amide bonds. The molecule has 0 N–H and O–H groups in total. The summed E-state index contributed by atoms with van der Waals surface area (Å²) in [5, 5.41) is 3.24. The third kappa shape index (κ3) is 2.96. The normalized spacial score (nSPS) is 17.9. The lowest BCUT2D eigenvalue weighted by molar-refractivity contribution is 0.260. The van der Waals surface area contributed by atoms with Gasteiger partial charge in [-0.2, -0.15) is 0 Å². The summed E-state index contributed by atoms with van der Waals surface area (Å²) in [5.74, 6) is 4.26. The van der Waals surface area contributed by atoms with Crippen molar-refractivity contribution < 1.29 is 18.0 Å². The lowest BCUT2D eigenvalue weighted by Crippen LogP contribution is -2.37. The van der Waals surface area contributed by atoms with Crippen LogP contribution in [0.4, 0.5) is 0 Å². The molecular formula is C36H24O4. The second kappa shape index (κ2) is 8.03. The molecule has 4 aromatic carbocycles. The molecule has 1 aliphatic carbocycles. The third-order valence-electron chi connectivity index (χ3n) is 8.73. The summed E-state index contributed by atoms with van der Waals surface area (Å²) in [7, 11) is 0. The first-order chi connectivity index (χ1) is 19.8. The summed E-state index contributed by atoms with van der Waals surface area (Å²) >= 11 is 0. The van der Waals surface area contributed by atoms with E-state index in [2.05, 4.69) is 66.7 Å². The molecule has 0 saturated carbocycles. The summed E-state index contributed by atoms with van der Waals surface area (Å²) in [6.07, 6.45) is 1.51. The fourth-order valence-corrected chi connectivity index (χ4v) is 6.88. The van der Waals surface area contributed by atoms with Crippen LogP contribution in [0.2, 0.25) is 0 Å². The van der Waals surface area contributed by atoms with Crippen molar-refractivity contribution in [1.29, 1.82) is 0 Å². The van der Waals surface area contributed by atoms with Crippen molar-refractivity contribution >= 4 is 38.5 Å². The van der Waals surface area contributed by atoms with Crippen LogP contribution in [0, 0.1) is 0 Å². The van der Waals surface area contributed by atoms with Crippen molar-refractivity contribution in [2.75, 3.05) is 0 Å². The van der Waals surface area contributed by atoms with Crippen LogP contribution in [0.15, 0.2) is 134 Å². The lowest BCUT2D eigenvalue weighted by Gasteiger charge is -2.39. The Kier molecular flexibility index (Phi) is 4.40. The molecule has 7 aromatic rings. The number of ether oxygens (including phenoxy) is 1. The number of allylic oxidation sites excluding steroid dienone is 2. The van der Waals surface area contributed by atoms with Crippen LogP contribution in [0.5, 0.6) is 5.75 Å². The Bertz CT molecular complexity index is 1940. The smallest absolute Gasteiger partial charge is 0.134 e. The van der Waals surface area contributed by atoms with E-state index >= 15 is 0 Å². The monoisotopic (exact) mass is 520 g/mol. The predicted molar refractivity (Wildman–Crippen MR) is 155 cm³/mol. The molecule has 40 heavy (non-hydrogen) atoms. The molecule has 0 bridgehead atoms. The van der Waals surface area contributed by atoms with E-state index in [0.29, 0.717) is 0 Å². The quantitative estimate of drug-likeness (QED) is 0.233. The van der Waals surface area contributed by atoms with E-state index in [1.807, 2.05) is 48.5 Å². The largest absolute Gasteiger partial charge is 0.460 e. The molecular weight excluding hydrogens is 496 g/mol. The zero-order chi connectivity index (χ0) is 26.3. The summed E-state index contributed by atoms with van der Waals surface area (Å²) < 4.78 is 26.6. The minimum atomic E-state index is -0.616. The Morgan fingerprint density at radius 2 is 1.12 bits per heavy atom. The number of para-hydroxylation sites is 4. The zero-order valence-electron chi connectivity index (χ0n) is 21.6. The van der Waals surface area contributed by atoms with E-state index in [1.54, 1.807) is 0 Å². The van der Waals surface area contributed by atoms with Gasteiger partial charge in [-0.05, 0) is 55.3 Å². The Labute approximate surface area is 230 Å². The highest BCUT2D eigenvalue weighted by atomic mass is 16.5. The Balaban J connectivity index is 1.35. The lowest BCUT2D eigenvalue weighted by atomic mass is 9.61. The SMILES string of the molecule is c1ccc2c(c1)OC1=C(c3cc4ccccc4o3)CCC(c3cc4ccccc4o3)(c3cc4ccccc4o3)C12. The minimum absolute atomic E-state index is 0.151. The maximum Gasteiger partial charge on any atom is 0.134 e. The average molecular weight is 521 g/mol. The summed E-state index contributed by atoms with van der Waals surface area (Å²) in [4.78, 5) is 0. The number of hydrogen-bond donors (Lipinski definition) is 0. The van der Waals surface area contributed by atoms with Gasteiger partial charge in [0.2, 0.25) is 0 Å². The van der Waals surface area contributed by atoms with Gasteiger partial charge in [0.1, 0.15) is 51.0 Å². The predicted octanol–water partition coefficient (Wildman–Crippen LogP) is 9.59. The van der Waals surface area contributed by atoms with Gasteiger partial charge in [-0.25, -0.2) is 0 Å². The van der Waals surface area contributed by atoms with Gasteiger partial charge in [0.25, 0.3) is 0 Å². The van der Waals surface area contributed by atoms with Gasteiger partial charge in [-0.3, -0.25) is 0 Å². The molecule has 4 heteroatoms. The van der Waals surface area contributed by atoms with Gasteiger partial charge in [-0.1, -0.05) is 72.8 Å². The number of hydrogen-bond acceptors (Lipinski definition) is 4. The zero-order valence-corrected chi connectivity index (χ0v) is 21.6. The van der Waals surface area contributed by atoms with Crippen LogP contribution >= 0.6 is 0 Å². The minimum Gasteiger partial charge on any atom is -0.460 e. The highest BCUT2D eigenvalue weighted by Gasteiger charge is 2.56. The molecule has 2 aliphatic rings. The summed E-state index contributed by atoms with van der Waals surface area (Å²) in [6.45, 7) is 0. The third-order valence-corrected chi connectivity index (χ3v) is 8.73. The highest BCUT2D eigenvalue weighted by Crippen LogP contribution is 2.62. The Morgan fingerprint density at radius 3 is 1.75 bits per heavy atom. The van der Waals surface area contributed by atoms with E-state index in [0.717, 1.165) is 85.7 Å². The van der Waals surface area contributed by atoms with Gasteiger partial charge >= 0.3 is 0 Å². The van der Waals surface area contributed by atoms with Crippen LogP contribution in [0.25, 0.3) is 38.5 Å². The molecule has 3 aromatic heterocycles. The second-order valence-corrected chi connectivity index (χ2v) is 10.8. The summed E-state index contributed by atoms with van der Waals surface area (Å²) in [6, 6.07) is 39.4. The molecule has 0 fully saturated rings. The van der Waals surface area contributed by atoms with Gasteiger partial charge in [0.05, 0.1) is 5.92 Å². The van der Waals surface area contributed by atoms with Crippen molar-refractivity contribution in [2.45, 2.75) is 24.2 Å². The molecule has 4 heterocycles. The van der Waals surface area contributed by atoms with Gasteiger partial charge in [-0.15, -0.1) is 0 Å². The van der Waals surface area contributed by atoms with Gasteiger partial charge < -0.3 is 18.0 Å². The van der Waals surface area contributed by atoms with Gasteiger partial charge in [0.15, 0.2) is 0 Å². The molecule has 1 atom stereocenters. The van der Waals surface area contributed by atoms with E-state index in [-0.39, 0.29) is 5.92 Å². The molecule has 1 aliphatic heterocycles. The first-order valence-electron chi connectivity index (χ1n) is 13.7. The average Bonchev–Trinajstić information content (AvgIpc) is 3.79. The van der Waals surface area contributed by atoms with Crippen LogP contribution in [0.1, 0.15) is 41.6 Å². The fourth-order valence-electron chi connectivity index (χ4n) is 6.88. The van der Waals surface area contributed by atoms with E-state index < -0.39 is 5.41 Å². The molecule has 0 saturated heterocycles. The fraction of sp³-hybridized carbons (Fsp3) is 0.111. The number of benzene rings is 4. The van der Waals surface area contributed by atoms with Crippen LogP contribution in [0.3, 0.4) is 0 Å². The maximum atomic E-state index is 6.76. The molecule has 192 valence electrons. The highest BCUT2D eigenvalue weighted by molar-refractivity contribution is 5.85. The second-order valence-electron chi connectivity index (χ2n) is 10.8. The van der Waals surface area contributed by atoms with Crippen molar-refractivity contribution in [3.63, 3.8) is 0 Å². The van der Waals surface area contributed by atoms with E-state index in [4.69, 9.17) is 18.0 Å². The Morgan fingerprint density at radius 1 is 0.575 bits per heavy atom. The molecule has 0 spiro atoms. The van der Waals surface area contributed by atoms with Gasteiger partial charge in [0, 0.05) is 27.3 Å². The van der Waals surface area contributed by atoms with Crippen LogP contribution < -0.4 is 4.74 Å². The number of fused-ring (bicyclic) bond motifs is 6. The van der Waals surface area contributed by atoms with Crippen LogP contribution in [-0.4, -0.2) is 0 Å². The molecule has 0 radical (unpaired) electrons. The topological polar surface area (TPSA) is 48.7 Å². The van der Waals surface area contributed by atoms with Crippen LogP contribution in [-0.2, 0) is 5.41 Å². The van der Waals surface area contributed by atoms with Crippen molar-refractivity contribution in [3.8, 4) is 5.75 Å². The number of rotatable bonds is 3. The standard InChI is InChI=1S/C36H24O4/c1-5-13-27-22(9-1)19-31(37-27)26-17-18-36(32-20-23-10-2-6-14-28(23)38-32,33-21-24-11-3-7-15-29(24)39-33)34-25-12-4-8-16-30(25)40-35(26)34/h1-16,19-21,34H,17-18H2. The first kappa shape index (κ1) is 21.9.